The number of aliphatic imine (C=N–C) groups is 1. The Labute approximate surface area is 213 Å². The number of benzene rings is 1. The lowest BCUT2D eigenvalue weighted by molar-refractivity contribution is -0.116. The van der Waals surface area contributed by atoms with E-state index < -0.39 is 0 Å². The van der Waals surface area contributed by atoms with E-state index in [0.717, 1.165) is 43.5 Å². The highest BCUT2D eigenvalue weighted by Gasteiger charge is 2.21. The molecule has 10 heteroatoms. The van der Waals surface area contributed by atoms with Gasteiger partial charge in [0.25, 0.3) is 0 Å². The van der Waals surface area contributed by atoms with Crippen molar-refractivity contribution in [3.8, 4) is 0 Å². The van der Waals surface area contributed by atoms with E-state index in [1.807, 2.05) is 24.3 Å². The van der Waals surface area contributed by atoms with Crippen LogP contribution >= 0.6 is 24.0 Å². The third-order valence-corrected chi connectivity index (χ3v) is 5.10. The van der Waals surface area contributed by atoms with E-state index in [0.29, 0.717) is 19.0 Å². The Morgan fingerprint density at radius 2 is 2.15 bits per heavy atom. The molecular formula is C23H36IN7O2. The second kappa shape index (κ2) is 14.2. The molecule has 1 atom stereocenters. The number of anilines is 1. The van der Waals surface area contributed by atoms with Crippen molar-refractivity contribution >= 4 is 41.5 Å². The Morgan fingerprint density at radius 1 is 1.30 bits per heavy atom. The molecule has 1 fully saturated rings. The largest absolute Gasteiger partial charge is 0.374 e. The Kier molecular flexibility index (Phi) is 11.6. The first-order valence-corrected chi connectivity index (χ1v) is 11.2. The highest BCUT2D eigenvalue weighted by molar-refractivity contribution is 14.0. The van der Waals surface area contributed by atoms with Crippen LogP contribution in [0.15, 0.2) is 47.7 Å². The minimum absolute atomic E-state index is 0. The maximum absolute atomic E-state index is 12.2. The maximum Gasteiger partial charge on any atom is 0.246 e. The summed E-state index contributed by atoms with van der Waals surface area (Å²) in [5, 5.41) is 13.7. The van der Waals surface area contributed by atoms with Gasteiger partial charge in [0, 0.05) is 57.9 Å². The molecule has 2 heterocycles. The fourth-order valence-corrected chi connectivity index (χ4v) is 3.70. The van der Waals surface area contributed by atoms with Gasteiger partial charge in [0.2, 0.25) is 5.91 Å². The summed E-state index contributed by atoms with van der Waals surface area (Å²) in [6.45, 7) is 9.77. The topological polar surface area (TPSA) is 95.8 Å². The lowest BCUT2D eigenvalue weighted by Crippen LogP contribution is -2.50. The molecule has 3 rings (SSSR count). The molecule has 1 aromatic carbocycles. The molecule has 1 aliphatic heterocycles. The first-order chi connectivity index (χ1) is 15.5. The van der Waals surface area contributed by atoms with Gasteiger partial charge in [-0.1, -0.05) is 26.0 Å². The van der Waals surface area contributed by atoms with E-state index in [1.54, 1.807) is 30.2 Å². The van der Waals surface area contributed by atoms with Crippen molar-refractivity contribution in [2.45, 2.75) is 33.0 Å². The van der Waals surface area contributed by atoms with E-state index in [9.17, 15) is 4.79 Å². The van der Waals surface area contributed by atoms with Gasteiger partial charge in [-0.2, -0.15) is 5.10 Å². The smallest absolute Gasteiger partial charge is 0.246 e. The van der Waals surface area contributed by atoms with Gasteiger partial charge in [0.15, 0.2) is 5.96 Å². The summed E-state index contributed by atoms with van der Waals surface area (Å²) < 4.78 is 7.50. The van der Waals surface area contributed by atoms with E-state index in [1.165, 1.54) is 0 Å². The molecule has 1 unspecified atom stereocenters. The van der Waals surface area contributed by atoms with Crippen molar-refractivity contribution < 1.29 is 9.53 Å². The Balaban J connectivity index is 0.00000385. The summed E-state index contributed by atoms with van der Waals surface area (Å²) in [6, 6.07) is 9.56. The predicted octanol–water partition coefficient (Wildman–Crippen LogP) is 2.16. The van der Waals surface area contributed by atoms with Crippen LogP contribution in [0.2, 0.25) is 0 Å². The van der Waals surface area contributed by atoms with E-state index in [4.69, 9.17) is 4.74 Å². The summed E-state index contributed by atoms with van der Waals surface area (Å²) in [6.07, 6.45) is 3.57. The number of hydrogen-bond donors (Lipinski definition) is 3. The molecule has 2 aromatic rings. The number of nitrogens with one attached hydrogen (secondary N) is 3. The molecule has 0 radical (unpaired) electrons. The van der Waals surface area contributed by atoms with Gasteiger partial charge in [0.05, 0.1) is 12.7 Å². The summed E-state index contributed by atoms with van der Waals surface area (Å²) >= 11 is 0. The predicted molar refractivity (Wildman–Crippen MR) is 142 cm³/mol. The molecule has 0 aliphatic carbocycles. The summed E-state index contributed by atoms with van der Waals surface area (Å²) in [7, 11) is 1.76. The van der Waals surface area contributed by atoms with Crippen molar-refractivity contribution in [1.29, 1.82) is 0 Å². The second-order valence-corrected chi connectivity index (χ2v) is 8.41. The van der Waals surface area contributed by atoms with Crippen LogP contribution in [-0.2, 0) is 22.6 Å². The molecule has 1 aliphatic rings. The monoisotopic (exact) mass is 569 g/mol. The van der Waals surface area contributed by atoms with Gasteiger partial charge >= 0.3 is 0 Å². The Morgan fingerprint density at radius 3 is 2.88 bits per heavy atom. The molecule has 0 spiro atoms. The highest BCUT2D eigenvalue weighted by atomic mass is 127. The van der Waals surface area contributed by atoms with Crippen LogP contribution < -0.4 is 16.0 Å². The quantitative estimate of drug-likeness (QED) is 0.244. The first-order valence-electron chi connectivity index (χ1n) is 11.2. The van der Waals surface area contributed by atoms with Gasteiger partial charge in [-0.05, 0) is 29.7 Å². The molecule has 9 nitrogen and oxygen atoms in total. The van der Waals surface area contributed by atoms with Crippen LogP contribution in [-0.4, -0.2) is 72.5 Å². The van der Waals surface area contributed by atoms with E-state index in [-0.39, 0.29) is 42.5 Å². The number of hydrogen-bond acceptors (Lipinski definition) is 5. The molecule has 1 aromatic heterocycles. The number of morpholine rings is 1. The molecule has 1 amide bonds. The minimum Gasteiger partial charge on any atom is -0.374 e. The first kappa shape index (κ1) is 27.1. The molecule has 3 N–H and O–H groups in total. The van der Waals surface area contributed by atoms with Gasteiger partial charge in [-0.25, -0.2) is 0 Å². The normalized spacial score (nSPS) is 16.8. The molecule has 0 saturated carbocycles. The second-order valence-electron chi connectivity index (χ2n) is 8.41. The van der Waals surface area contributed by atoms with Crippen LogP contribution in [0.5, 0.6) is 0 Å². The van der Waals surface area contributed by atoms with Crippen molar-refractivity contribution in [3.05, 3.63) is 48.3 Å². The molecule has 0 bridgehead atoms. The number of aromatic nitrogens is 2. The average molecular weight is 569 g/mol. The summed E-state index contributed by atoms with van der Waals surface area (Å²) in [4.78, 5) is 19.0. The zero-order valence-electron chi connectivity index (χ0n) is 19.7. The van der Waals surface area contributed by atoms with Crippen molar-refractivity contribution in [2.75, 3.05) is 45.2 Å². The standard InChI is InChI=1S/C23H35N7O2.HI/c1-18(2)15-29-10-11-32-21(16-29)14-26-23(24-3)25-13-19-6-4-7-20(12-19)28-22(31)17-30-9-5-8-27-30;/h4-9,12,18,21H,10-11,13-17H2,1-3H3,(H,28,31)(H2,24,25,26);1H. The lowest BCUT2D eigenvalue weighted by atomic mass is 10.2. The number of rotatable bonds is 9. The van der Waals surface area contributed by atoms with Gasteiger partial charge < -0.3 is 20.7 Å². The molecular weight excluding hydrogens is 533 g/mol. The van der Waals surface area contributed by atoms with Crippen LogP contribution in [0.25, 0.3) is 0 Å². The number of carbonyl (C=O) groups is 1. The van der Waals surface area contributed by atoms with Crippen LogP contribution in [0, 0.1) is 5.92 Å². The zero-order valence-corrected chi connectivity index (χ0v) is 22.0. The third kappa shape index (κ3) is 9.68. The average Bonchev–Trinajstić information content (AvgIpc) is 3.27. The fourth-order valence-electron chi connectivity index (χ4n) is 3.70. The van der Waals surface area contributed by atoms with Gasteiger partial charge in [-0.15, -0.1) is 24.0 Å². The van der Waals surface area contributed by atoms with Gasteiger partial charge in [-0.3, -0.25) is 19.4 Å². The third-order valence-electron chi connectivity index (χ3n) is 5.10. The number of carbonyl (C=O) groups excluding carboxylic acids is 1. The SMILES string of the molecule is CN=C(NCc1cccc(NC(=O)Cn2cccn2)c1)NCC1CN(CC(C)C)CCO1.I. The molecule has 33 heavy (non-hydrogen) atoms. The van der Waals surface area contributed by atoms with E-state index >= 15 is 0 Å². The van der Waals surface area contributed by atoms with E-state index in [2.05, 4.69) is 44.8 Å². The fraction of sp³-hybridized carbons (Fsp3) is 0.522. The van der Waals surface area contributed by atoms with Crippen LogP contribution in [0.3, 0.4) is 0 Å². The molecule has 1 saturated heterocycles. The van der Waals surface area contributed by atoms with Crippen LogP contribution in [0.1, 0.15) is 19.4 Å². The number of guanidine groups is 1. The van der Waals surface area contributed by atoms with Gasteiger partial charge in [0.1, 0.15) is 6.54 Å². The van der Waals surface area contributed by atoms with Crippen molar-refractivity contribution in [2.24, 2.45) is 10.9 Å². The summed E-state index contributed by atoms with van der Waals surface area (Å²) in [5.74, 6) is 1.26. The molecule has 182 valence electrons. The lowest BCUT2D eigenvalue weighted by Gasteiger charge is -2.34. The minimum atomic E-state index is -0.115. The number of halogens is 1. The zero-order chi connectivity index (χ0) is 22.8. The Bertz CT molecular complexity index is 873. The number of ether oxygens (including phenoxy) is 1. The van der Waals surface area contributed by atoms with Crippen molar-refractivity contribution in [3.63, 3.8) is 0 Å². The number of nitrogens with zero attached hydrogens (tertiary/aromatic N) is 4. The maximum atomic E-state index is 12.2. The van der Waals surface area contributed by atoms with Crippen LogP contribution in [0.4, 0.5) is 5.69 Å². The van der Waals surface area contributed by atoms with Crippen molar-refractivity contribution in [1.82, 2.24) is 25.3 Å². The number of amides is 1. The highest BCUT2D eigenvalue weighted by Crippen LogP contribution is 2.11. The summed E-state index contributed by atoms with van der Waals surface area (Å²) in [5.41, 5.74) is 1.80. The Hall–Kier alpha value is -2.18.